The first kappa shape index (κ1) is 11.8. The fraction of sp³-hybridized carbons (Fsp3) is 0.286. The summed E-state index contributed by atoms with van der Waals surface area (Å²) in [6, 6.07) is 8.37. The van der Waals surface area contributed by atoms with Crippen molar-refractivity contribution in [1.82, 2.24) is 9.78 Å². The second kappa shape index (κ2) is 4.42. The second-order valence-corrected chi connectivity index (χ2v) is 4.75. The van der Waals surface area contributed by atoms with Crippen molar-refractivity contribution in [2.75, 3.05) is 12.8 Å². The summed E-state index contributed by atoms with van der Waals surface area (Å²) in [5.41, 5.74) is 9.06. The first-order chi connectivity index (χ1) is 9.19. The molecule has 1 atom stereocenters. The van der Waals surface area contributed by atoms with E-state index in [0.29, 0.717) is 11.6 Å². The molecule has 0 aliphatic heterocycles. The van der Waals surface area contributed by atoms with E-state index >= 15 is 0 Å². The summed E-state index contributed by atoms with van der Waals surface area (Å²) in [7, 11) is 1.32. The van der Waals surface area contributed by atoms with Gasteiger partial charge in [-0.25, -0.2) is 4.79 Å². The molecular weight excluding hydrogens is 242 g/mol. The maximum atomic E-state index is 11.4. The van der Waals surface area contributed by atoms with Crippen LogP contribution in [0.4, 0.5) is 5.69 Å². The van der Waals surface area contributed by atoms with Crippen molar-refractivity contribution in [2.24, 2.45) is 0 Å². The summed E-state index contributed by atoms with van der Waals surface area (Å²) >= 11 is 0. The Labute approximate surface area is 111 Å². The lowest BCUT2D eigenvalue weighted by molar-refractivity contribution is 0.0594. The van der Waals surface area contributed by atoms with E-state index in [1.165, 1.54) is 18.2 Å². The van der Waals surface area contributed by atoms with Crippen LogP contribution in [-0.4, -0.2) is 22.9 Å². The Kier molecular flexibility index (Phi) is 2.74. The number of aromatic nitrogens is 2. The Bertz CT molecular complexity index is 633. The first-order valence-electron chi connectivity index (χ1n) is 6.18. The van der Waals surface area contributed by atoms with Crippen LogP contribution in [0.5, 0.6) is 0 Å². The number of ether oxygens (including phenoxy) is 1. The summed E-state index contributed by atoms with van der Waals surface area (Å²) in [6.45, 7) is 0.734. The van der Waals surface area contributed by atoms with E-state index in [-0.39, 0.29) is 5.69 Å². The SMILES string of the molecule is COC(=O)c1nn(CC2Cc3ccccc32)cc1N. The van der Waals surface area contributed by atoms with Crippen molar-refractivity contribution >= 4 is 11.7 Å². The summed E-state index contributed by atoms with van der Waals surface area (Å²) in [5.74, 6) is -0.0498. The Morgan fingerprint density at radius 3 is 3.05 bits per heavy atom. The highest BCUT2D eigenvalue weighted by Gasteiger charge is 2.26. The van der Waals surface area contributed by atoms with Crippen LogP contribution in [-0.2, 0) is 17.7 Å². The number of benzene rings is 1. The third-order valence-corrected chi connectivity index (χ3v) is 3.54. The number of nitrogen functional groups attached to an aromatic ring is 1. The number of hydrogen-bond donors (Lipinski definition) is 1. The van der Waals surface area contributed by atoms with Crippen molar-refractivity contribution in [3.05, 3.63) is 47.3 Å². The summed E-state index contributed by atoms with van der Waals surface area (Å²) in [6.07, 6.45) is 2.73. The minimum atomic E-state index is -0.495. The first-order valence-corrected chi connectivity index (χ1v) is 6.18. The number of nitrogens with zero attached hydrogens (tertiary/aromatic N) is 2. The van der Waals surface area contributed by atoms with Crippen molar-refractivity contribution in [3.63, 3.8) is 0 Å². The van der Waals surface area contributed by atoms with Gasteiger partial charge in [-0.2, -0.15) is 5.10 Å². The van der Waals surface area contributed by atoms with Gasteiger partial charge >= 0.3 is 5.97 Å². The maximum Gasteiger partial charge on any atom is 0.360 e. The molecule has 0 bridgehead atoms. The van der Waals surface area contributed by atoms with Crippen molar-refractivity contribution in [3.8, 4) is 0 Å². The molecule has 0 saturated carbocycles. The zero-order chi connectivity index (χ0) is 13.4. The molecule has 1 aromatic heterocycles. The van der Waals surface area contributed by atoms with Crippen molar-refractivity contribution in [2.45, 2.75) is 18.9 Å². The van der Waals surface area contributed by atoms with Gasteiger partial charge in [0.25, 0.3) is 0 Å². The Morgan fingerprint density at radius 1 is 1.53 bits per heavy atom. The zero-order valence-electron chi connectivity index (χ0n) is 10.7. The fourth-order valence-corrected chi connectivity index (χ4v) is 2.54. The molecule has 1 aliphatic rings. The Balaban J connectivity index is 1.77. The molecule has 1 aliphatic carbocycles. The van der Waals surface area contributed by atoms with Gasteiger partial charge in [0, 0.05) is 18.7 Å². The lowest BCUT2D eigenvalue weighted by Gasteiger charge is -2.29. The van der Waals surface area contributed by atoms with Gasteiger partial charge in [-0.3, -0.25) is 4.68 Å². The summed E-state index contributed by atoms with van der Waals surface area (Å²) in [5, 5.41) is 4.19. The quantitative estimate of drug-likeness (QED) is 0.848. The van der Waals surface area contributed by atoms with E-state index in [1.807, 2.05) is 6.07 Å². The normalized spacial score (nSPS) is 16.6. The molecule has 0 fully saturated rings. The predicted octanol–water partition coefficient (Wildman–Crippen LogP) is 1.59. The number of hydrogen-bond acceptors (Lipinski definition) is 4. The van der Waals surface area contributed by atoms with Crippen LogP contribution in [0.2, 0.25) is 0 Å². The summed E-state index contributed by atoms with van der Waals surface area (Å²) in [4.78, 5) is 11.4. The average molecular weight is 257 g/mol. The zero-order valence-corrected chi connectivity index (χ0v) is 10.7. The van der Waals surface area contributed by atoms with Crippen LogP contribution in [0.1, 0.15) is 27.5 Å². The third-order valence-electron chi connectivity index (χ3n) is 3.54. The van der Waals surface area contributed by atoms with Gasteiger partial charge in [0.1, 0.15) is 0 Å². The smallest absolute Gasteiger partial charge is 0.360 e. The minimum absolute atomic E-state index is 0.190. The third kappa shape index (κ3) is 1.97. The lowest BCUT2D eigenvalue weighted by Crippen LogP contribution is -2.22. The molecule has 2 N–H and O–H groups in total. The Morgan fingerprint density at radius 2 is 2.32 bits per heavy atom. The molecule has 2 aromatic rings. The second-order valence-electron chi connectivity index (χ2n) is 4.75. The number of methoxy groups -OCH3 is 1. The molecule has 1 unspecified atom stereocenters. The maximum absolute atomic E-state index is 11.4. The molecular formula is C14H15N3O2. The molecule has 5 nitrogen and oxygen atoms in total. The molecule has 98 valence electrons. The molecule has 1 aromatic carbocycles. The van der Waals surface area contributed by atoms with E-state index in [1.54, 1.807) is 10.9 Å². The van der Waals surface area contributed by atoms with Crippen LogP contribution in [0, 0.1) is 0 Å². The summed E-state index contributed by atoms with van der Waals surface area (Å²) < 4.78 is 6.36. The largest absolute Gasteiger partial charge is 0.464 e. The molecule has 1 heterocycles. The minimum Gasteiger partial charge on any atom is -0.464 e. The van der Waals surface area contributed by atoms with Crippen LogP contribution < -0.4 is 5.73 Å². The topological polar surface area (TPSA) is 70.1 Å². The van der Waals surface area contributed by atoms with Gasteiger partial charge in [-0.15, -0.1) is 0 Å². The van der Waals surface area contributed by atoms with Crippen molar-refractivity contribution in [1.29, 1.82) is 0 Å². The highest BCUT2D eigenvalue weighted by molar-refractivity contribution is 5.92. The van der Waals surface area contributed by atoms with Crippen LogP contribution in [0.15, 0.2) is 30.5 Å². The molecule has 0 radical (unpaired) electrons. The van der Waals surface area contributed by atoms with Gasteiger partial charge in [0.15, 0.2) is 5.69 Å². The molecule has 0 spiro atoms. The standard InChI is InChI=1S/C14H15N3O2/c1-19-14(18)13-12(15)8-17(16-13)7-10-6-9-4-2-3-5-11(9)10/h2-5,8,10H,6-7,15H2,1H3. The number of carbonyl (C=O) groups excluding carboxylic acids is 1. The number of anilines is 1. The van der Waals surface area contributed by atoms with Gasteiger partial charge < -0.3 is 10.5 Å². The molecule has 0 saturated heterocycles. The molecule has 5 heteroatoms. The average Bonchev–Trinajstić information content (AvgIpc) is 2.76. The van der Waals surface area contributed by atoms with E-state index in [0.717, 1.165) is 13.0 Å². The Hall–Kier alpha value is -2.30. The molecule has 19 heavy (non-hydrogen) atoms. The van der Waals surface area contributed by atoms with Gasteiger partial charge in [0.05, 0.1) is 12.8 Å². The van der Waals surface area contributed by atoms with E-state index in [4.69, 9.17) is 5.73 Å². The number of rotatable bonds is 3. The van der Waals surface area contributed by atoms with E-state index in [2.05, 4.69) is 28.0 Å². The van der Waals surface area contributed by atoms with E-state index < -0.39 is 5.97 Å². The number of nitrogens with two attached hydrogens (primary N) is 1. The predicted molar refractivity (Wildman–Crippen MR) is 70.9 cm³/mol. The van der Waals surface area contributed by atoms with Crippen LogP contribution >= 0.6 is 0 Å². The fourth-order valence-electron chi connectivity index (χ4n) is 2.54. The van der Waals surface area contributed by atoms with Crippen molar-refractivity contribution < 1.29 is 9.53 Å². The van der Waals surface area contributed by atoms with Gasteiger partial charge in [0.2, 0.25) is 0 Å². The molecule has 0 amide bonds. The monoisotopic (exact) mass is 257 g/mol. The lowest BCUT2D eigenvalue weighted by atomic mass is 9.78. The van der Waals surface area contributed by atoms with Gasteiger partial charge in [-0.1, -0.05) is 24.3 Å². The highest BCUT2D eigenvalue weighted by Crippen LogP contribution is 2.35. The number of fused-ring (bicyclic) bond motifs is 1. The highest BCUT2D eigenvalue weighted by atomic mass is 16.5. The van der Waals surface area contributed by atoms with Crippen LogP contribution in [0.25, 0.3) is 0 Å². The molecule has 3 rings (SSSR count). The number of carbonyl (C=O) groups is 1. The van der Waals surface area contributed by atoms with Crippen LogP contribution in [0.3, 0.4) is 0 Å². The number of esters is 1. The van der Waals surface area contributed by atoms with Gasteiger partial charge in [-0.05, 0) is 17.5 Å². The van der Waals surface area contributed by atoms with E-state index in [9.17, 15) is 4.79 Å².